The van der Waals surface area contributed by atoms with Gasteiger partial charge >= 0.3 is 6.18 Å². The molecule has 2 aliphatic heterocycles. The fourth-order valence-corrected chi connectivity index (χ4v) is 1.86. The molecule has 1 saturated heterocycles. The highest BCUT2D eigenvalue weighted by atomic mass is 35.5. The molecule has 0 unspecified atom stereocenters. The molecule has 2 aliphatic rings. The van der Waals surface area contributed by atoms with Crippen molar-refractivity contribution in [1.29, 1.82) is 0 Å². The summed E-state index contributed by atoms with van der Waals surface area (Å²) in [6, 6.07) is 0. The molecule has 7 heteroatoms. The predicted molar refractivity (Wildman–Crippen MR) is 51.1 cm³/mol. The molecule has 0 bridgehead atoms. The van der Waals surface area contributed by atoms with Crippen LogP contribution in [0.25, 0.3) is 0 Å². The van der Waals surface area contributed by atoms with Crippen LogP contribution >= 0.6 is 12.4 Å². The summed E-state index contributed by atoms with van der Waals surface area (Å²) in [5, 5.41) is 9.47. The molecule has 2 rings (SSSR count). The van der Waals surface area contributed by atoms with Crippen LogP contribution in [-0.2, 0) is 0 Å². The Morgan fingerprint density at radius 2 is 1.73 bits per heavy atom. The Morgan fingerprint density at radius 3 is 2.13 bits per heavy atom. The second kappa shape index (κ2) is 4.25. The molecule has 88 valence electrons. The van der Waals surface area contributed by atoms with Crippen molar-refractivity contribution >= 4 is 12.4 Å². The van der Waals surface area contributed by atoms with Gasteiger partial charge in [-0.1, -0.05) is 0 Å². The number of halogens is 4. The highest BCUT2D eigenvalue weighted by molar-refractivity contribution is 5.85. The predicted octanol–water partition coefficient (Wildman–Crippen LogP) is 2.52. The lowest BCUT2D eigenvalue weighted by molar-refractivity contribution is -0.168. The molecule has 0 spiro atoms. The van der Waals surface area contributed by atoms with Gasteiger partial charge in [0.1, 0.15) is 0 Å². The first-order chi connectivity index (χ1) is 6.54. The summed E-state index contributed by atoms with van der Waals surface area (Å²) >= 11 is 0. The van der Waals surface area contributed by atoms with Gasteiger partial charge in [-0.25, -0.2) is 0 Å². The lowest BCUT2D eigenvalue weighted by Crippen LogP contribution is -2.37. The van der Waals surface area contributed by atoms with Crippen molar-refractivity contribution in [1.82, 2.24) is 5.32 Å². The maximum atomic E-state index is 12.4. The van der Waals surface area contributed by atoms with E-state index in [0.29, 0.717) is 0 Å². The quantitative estimate of drug-likeness (QED) is 0.795. The van der Waals surface area contributed by atoms with Crippen molar-refractivity contribution in [3.8, 4) is 0 Å². The van der Waals surface area contributed by atoms with Crippen molar-refractivity contribution < 1.29 is 13.2 Å². The van der Waals surface area contributed by atoms with Crippen LogP contribution in [0.2, 0.25) is 0 Å². The van der Waals surface area contributed by atoms with Gasteiger partial charge in [0.25, 0.3) is 5.66 Å². The summed E-state index contributed by atoms with van der Waals surface area (Å²) < 4.78 is 37.3. The molecule has 0 atom stereocenters. The largest absolute Gasteiger partial charge is 0.437 e. The van der Waals surface area contributed by atoms with Crippen LogP contribution in [0, 0.1) is 5.92 Å². The van der Waals surface area contributed by atoms with Gasteiger partial charge in [0, 0.05) is 6.42 Å². The van der Waals surface area contributed by atoms with Gasteiger partial charge in [-0.3, -0.25) is 0 Å². The minimum absolute atomic E-state index is 0. The number of rotatable bonds is 2. The third-order valence-electron chi connectivity index (χ3n) is 2.83. The molecule has 15 heavy (non-hydrogen) atoms. The minimum Gasteiger partial charge on any atom is -0.317 e. The van der Waals surface area contributed by atoms with Gasteiger partial charge in [-0.05, 0) is 31.8 Å². The van der Waals surface area contributed by atoms with Crippen molar-refractivity contribution in [3.63, 3.8) is 0 Å². The van der Waals surface area contributed by atoms with Crippen LogP contribution in [0.1, 0.15) is 19.3 Å². The average molecular weight is 244 g/mol. The highest BCUT2D eigenvalue weighted by Crippen LogP contribution is 2.49. The number of nitrogens with zero attached hydrogens (tertiary/aromatic N) is 2. The molecular weight excluding hydrogens is 231 g/mol. The van der Waals surface area contributed by atoms with Gasteiger partial charge in [-0.15, -0.1) is 22.6 Å². The molecule has 0 aliphatic carbocycles. The van der Waals surface area contributed by atoms with Crippen LogP contribution in [0.15, 0.2) is 10.2 Å². The summed E-state index contributed by atoms with van der Waals surface area (Å²) in [5.74, 6) is 0.105. The zero-order valence-electron chi connectivity index (χ0n) is 8.05. The van der Waals surface area contributed by atoms with E-state index in [2.05, 4.69) is 15.5 Å². The molecule has 1 fully saturated rings. The van der Waals surface area contributed by atoms with E-state index in [-0.39, 0.29) is 24.7 Å². The van der Waals surface area contributed by atoms with E-state index in [9.17, 15) is 13.2 Å². The number of alkyl halides is 3. The fourth-order valence-electron chi connectivity index (χ4n) is 1.86. The van der Waals surface area contributed by atoms with Crippen molar-refractivity contribution in [2.75, 3.05) is 13.1 Å². The molecule has 0 aromatic rings. The summed E-state index contributed by atoms with van der Waals surface area (Å²) in [5.41, 5.74) is -2.03. The normalized spacial score (nSPS) is 24.7. The van der Waals surface area contributed by atoms with Crippen molar-refractivity contribution in [2.24, 2.45) is 16.1 Å². The number of nitrogens with one attached hydrogen (secondary N) is 1. The zero-order valence-corrected chi connectivity index (χ0v) is 8.87. The van der Waals surface area contributed by atoms with E-state index < -0.39 is 11.8 Å². The maximum absolute atomic E-state index is 12.4. The van der Waals surface area contributed by atoms with Gasteiger partial charge in [0.05, 0.1) is 0 Å². The first-order valence-corrected chi connectivity index (χ1v) is 4.75. The van der Waals surface area contributed by atoms with Crippen LogP contribution < -0.4 is 5.32 Å². The molecule has 1 N–H and O–H groups in total. The Bertz CT molecular complexity index is 242. The van der Waals surface area contributed by atoms with Gasteiger partial charge < -0.3 is 5.32 Å². The van der Waals surface area contributed by atoms with Gasteiger partial charge in [0.2, 0.25) is 0 Å². The minimum atomic E-state index is -4.29. The highest BCUT2D eigenvalue weighted by Gasteiger charge is 2.64. The molecule has 0 amide bonds. The summed E-state index contributed by atoms with van der Waals surface area (Å²) in [4.78, 5) is 0. The van der Waals surface area contributed by atoms with Crippen LogP contribution in [0.4, 0.5) is 13.2 Å². The molecular formula is C8H13ClF3N3. The third kappa shape index (κ3) is 2.60. The van der Waals surface area contributed by atoms with Crippen LogP contribution in [0.5, 0.6) is 0 Å². The van der Waals surface area contributed by atoms with E-state index in [1.165, 1.54) is 0 Å². The average Bonchev–Trinajstić information content (AvgIpc) is 2.86. The van der Waals surface area contributed by atoms with Crippen LogP contribution in [-0.4, -0.2) is 24.9 Å². The van der Waals surface area contributed by atoms with Crippen LogP contribution in [0.3, 0.4) is 0 Å². The Kier molecular flexibility index (Phi) is 3.60. The van der Waals surface area contributed by atoms with E-state index >= 15 is 0 Å². The van der Waals surface area contributed by atoms with Gasteiger partial charge in [0.15, 0.2) is 0 Å². The summed E-state index contributed by atoms with van der Waals surface area (Å²) in [7, 11) is 0. The Hall–Kier alpha value is -0.360. The van der Waals surface area contributed by atoms with Gasteiger partial charge in [-0.2, -0.15) is 13.2 Å². The lowest BCUT2D eigenvalue weighted by Gasteiger charge is -2.25. The van der Waals surface area contributed by atoms with E-state index in [4.69, 9.17) is 0 Å². The first kappa shape index (κ1) is 12.7. The summed E-state index contributed by atoms with van der Waals surface area (Å²) in [6.07, 6.45) is -2.66. The molecule has 0 saturated carbocycles. The number of piperidine rings is 1. The Labute approximate surface area is 91.9 Å². The third-order valence-corrected chi connectivity index (χ3v) is 2.83. The standard InChI is InChI=1S/C8H12F3N3.ClH/c9-8(10,11)7(13-14-7)5-6-1-3-12-4-2-6;/h6,12H,1-5H2;1H. The molecule has 0 aromatic heterocycles. The van der Waals surface area contributed by atoms with E-state index in [1.54, 1.807) is 0 Å². The second-order valence-corrected chi connectivity index (χ2v) is 3.91. The lowest BCUT2D eigenvalue weighted by atomic mass is 9.89. The second-order valence-electron chi connectivity index (χ2n) is 3.91. The topological polar surface area (TPSA) is 36.8 Å². The number of hydrogen-bond donors (Lipinski definition) is 1. The number of hydrogen-bond acceptors (Lipinski definition) is 3. The SMILES string of the molecule is Cl.FC(F)(F)C1(CC2CCNCC2)N=N1. The molecule has 3 nitrogen and oxygen atoms in total. The van der Waals surface area contributed by atoms with E-state index in [1.807, 2.05) is 0 Å². The van der Waals surface area contributed by atoms with Crippen molar-refractivity contribution in [2.45, 2.75) is 31.1 Å². The van der Waals surface area contributed by atoms with Crippen molar-refractivity contribution in [3.05, 3.63) is 0 Å². The fraction of sp³-hybridized carbons (Fsp3) is 1.00. The molecule has 0 radical (unpaired) electrons. The molecule has 2 heterocycles. The molecule has 0 aromatic carbocycles. The maximum Gasteiger partial charge on any atom is 0.437 e. The Balaban J connectivity index is 0.00000112. The smallest absolute Gasteiger partial charge is 0.317 e. The monoisotopic (exact) mass is 243 g/mol. The van der Waals surface area contributed by atoms with E-state index in [0.717, 1.165) is 25.9 Å². The zero-order chi connectivity index (χ0) is 10.2. The first-order valence-electron chi connectivity index (χ1n) is 4.75. The summed E-state index contributed by atoms with van der Waals surface area (Å²) in [6.45, 7) is 1.61. The Morgan fingerprint density at radius 1 is 1.20 bits per heavy atom.